The first-order chi connectivity index (χ1) is 17.0. The molecule has 3 heterocycles. The Bertz CT molecular complexity index is 1410. The van der Waals surface area contributed by atoms with Crippen LogP contribution in [0, 0.1) is 5.82 Å². The monoisotopic (exact) mass is 490 g/mol. The van der Waals surface area contributed by atoms with E-state index >= 15 is 4.39 Å². The molecule has 0 fully saturated rings. The number of halogens is 1. The average Bonchev–Trinajstić information content (AvgIpc) is 3.25. The molecule has 0 spiro atoms. The van der Waals surface area contributed by atoms with Crippen LogP contribution >= 0.6 is 0 Å². The van der Waals surface area contributed by atoms with E-state index in [4.69, 9.17) is 10.5 Å². The van der Waals surface area contributed by atoms with E-state index < -0.39 is 17.3 Å². The van der Waals surface area contributed by atoms with Gasteiger partial charge in [0.2, 0.25) is 0 Å². The van der Waals surface area contributed by atoms with Gasteiger partial charge < -0.3 is 15.4 Å². The number of rotatable bonds is 7. The third-order valence-corrected chi connectivity index (χ3v) is 6.13. The third kappa shape index (κ3) is 4.79. The van der Waals surface area contributed by atoms with E-state index in [2.05, 4.69) is 20.0 Å². The molecule has 3 aromatic heterocycles. The molecular formula is C27H31FN6O2. The molecule has 4 aromatic rings. The van der Waals surface area contributed by atoms with Crippen molar-refractivity contribution in [2.24, 2.45) is 12.8 Å². The zero-order chi connectivity index (χ0) is 26.2. The second kappa shape index (κ2) is 9.66. The van der Waals surface area contributed by atoms with Crippen LogP contribution in [0.3, 0.4) is 0 Å². The lowest BCUT2D eigenvalue weighted by Gasteiger charge is -2.43. The van der Waals surface area contributed by atoms with E-state index in [-0.39, 0.29) is 11.6 Å². The molecule has 0 aliphatic heterocycles. The zero-order valence-electron chi connectivity index (χ0n) is 21.4. The number of hydrogen-bond acceptors (Lipinski definition) is 6. The van der Waals surface area contributed by atoms with Gasteiger partial charge in [-0.2, -0.15) is 5.10 Å². The number of aromatic nitrogens is 4. The van der Waals surface area contributed by atoms with Gasteiger partial charge in [0.05, 0.1) is 40.8 Å². The first-order valence-electron chi connectivity index (χ1n) is 11.7. The van der Waals surface area contributed by atoms with Gasteiger partial charge in [-0.25, -0.2) is 4.39 Å². The third-order valence-electron chi connectivity index (χ3n) is 6.13. The van der Waals surface area contributed by atoms with Gasteiger partial charge in [-0.05, 0) is 45.9 Å². The summed E-state index contributed by atoms with van der Waals surface area (Å²) in [6, 6.07) is 8.42. The smallest absolute Gasteiger partial charge is 0.252 e. The summed E-state index contributed by atoms with van der Waals surface area (Å²) in [6.07, 6.45) is 4.91. The molecule has 0 unspecified atom stereocenters. The highest BCUT2D eigenvalue weighted by Gasteiger charge is 2.33. The normalized spacial score (nSPS) is 12.6. The number of aryl methyl sites for hydroxylation is 1. The Balaban J connectivity index is 1.99. The quantitative estimate of drug-likeness (QED) is 0.400. The molecule has 0 bridgehead atoms. The highest BCUT2D eigenvalue weighted by Crippen LogP contribution is 2.41. The molecule has 4 rings (SSSR count). The highest BCUT2D eigenvalue weighted by molar-refractivity contribution is 6.08. The van der Waals surface area contributed by atoms with Crippen molar-refractivity contribution in [3.63, 3.8) is 0 Å². The van der Waals surface area contributed by atoms with Crippen LogP contribution in [0.4, 0.5) is 10.1 Å². The minimum atomic E-state index is -0.613. The average molecular weight is 491 g/mol. The first-order valence-corrected chi connectivity index (χ1v) is 11.7. The molecule has 8 nitrogen and oxygen atoms in total. The van der Waals surface area contributed by atoms with Crippen molar-refractivity contribution in [1.29, 1.82) is 0 Å². The number of ether oxygens (including phenoxy) is 1. The lowest BCUT2D eigenvalue weighted by Crippen LogP contribution is -2.44. The number of nitrogens with two attached hydrogens (primary N) is 1. The molecule has 0 saturated heterocycles. The van der Waals surface area contributed by atoms with Crippen LogP contribution in [-0.4, -0.2) is 38.3 Å². The number of carbonyl (C=O) groups excluding carboxylic acids is 1. The summed E-state index contributed by atoms with van der Waals surface area (Å²) in [6.45, 7) is 8.53. The number of pyridine rings is 2. The van der Waals surface area contributed by atoms with Crippen molar-refractivity contribution >= 4 is 22.5 Å². The molecule has 1 atom stereocenters. The number of carbonyl (C=O) groups is 1. The molecule has 2 N–H and O–H groups in total. The largest absolute Gasteiger partial charge is 0.378 e. The van der Waals surface area contributed by atoms with Crippen LogP contribution in [0.1, 0.15) is 55.5 Å². The molecule has 0 saturated carbocycles. The van der Waals surface area contributed by atoms with Crippen LogP contribution in [0.15, 0.2) is 48.9 Å². The lowest BCUT2D eigenvalue weighted by molar-refractivity contribution is 0.100. The summed E-state index contributed by atoms with van der Waals surface area (Å²) >= 11 is 0. The standard InChI is InChI=1S/C27H31FN6O2/c1-16(23-9-10-33(5)32-23)34(27(2,3)4)25-20-11-19(17-7-8-18(15-36-6)30-13-17)22(28)12-24(20)31-14-21(25)26(29)35/h7-14,16H,15H2,1-6H3,(H2,29,35)/t16-/m0/s1. The van der Waals surface area contributed by atoms with Crippen molar-refractivity contribution in [3.8, 4) is 11.1 Å². The van der Waals surface area contributed by atoms with Crippen molar-refractivity contribution in [3.05, 3.63) is 71.7 Å². The van der Waals surface area contributed by atoms with E-state index in [9.17, 15) is 4.79 Å². The molecule has 0 aliphatic rings. The molecule has 188 valence electrons. The number of fused-ring (bicyclic) bond motifs is 1. The maximum Gasteiger partial charge on any atom is 0.252 e. The second-order valence-electron chi connectivity index (χ2n) is 9.84. The number of benzene rings is 1. The minimum absolute atomic E-state index is 0.224. The minimum Gasteiger partial charge on any atom is -0.378 e. The second-order valence-corrected chi connectivity index (χ2v) is 9.84. The van der Waals surface area contributed by atoms with Crippen LogP contribution < -0.4 is 10.6 Å². The van der Waals surface area contributed by atoms with Crippen LogP contribution in [0.5, 0.6) is 0 Å². The summed E-state index contributed by atoms with van der Waals surface area (Å²) in [7, 11) is 3.45. The van der Waals surface area contributed by atoms with E-state index in [1.807, 2.05) is 47.0 Å². The lowest BCUT2D eigenvalue weighted by atomic mass is 9.95. The van der Waals surface area contributed by atoms with Crippen molar-refractivity contribution in [2.45, 2.75) is 45.9 Å². The van der Waals surface area contributed by atoms with Gasteiger partial charge in [-0.15, -0.1) is 0 Å². The fourth-order valence-corrected chi connectivity index (χ4v) is 4.58. The Hall–Kier alpha value is -3.85. The van der Waals surface area contributed by atoms with Crippen molar-refractivity contribution in [1.82, 2.24) is 19.7 Å². The van der Waals surface area contributed by atoms with Gasteiger partial charge in [-0.1, -0.05) is 6.07 Å². The Morgan fingerprint density at radius 3 is 2.50 bits per heavy atom. The van der Waals surface area contributed by atoms with Gasteiger partial charge in [0, 0.05) is 60.9 Å². The summed E-state index contributed by atoms with van der Waals surface area (Å²) < 4.78 is 22.2. The predicted octanol–water partition coefficient (Wildman–Crippen LogP) is 4.78. The molecule has 0 aliphatic carbocycles. The first kappa shape index (κ1) is 25.2. The Kier molecular flexibility index (Phi) is 6.77. The Labute approximate surface area is 209 Å². The summed E-state index contributed by atoms with van der Waals surface area (Å²) in [5, 5.41) is 5.20. The van der Waals surface area contributed by atoms with Crippen molar-refractivity contribution < 1.29 is 13.9 Å². The SMILES string of the molecule is COCc1ccc(-c2cc3c(N([C@@H](C)c4ccn(C)n4)C(C)(C)C)c(C(N)=O)cnc3cc2F)cn1. The van der Waals surface area contributed by atoms with E-state index in [0.717, 1.165) is 11.4 Å². The molecular weight excluding hydrogens is 459 g/mol. The summed E-state index contributed by atoms with van der Waals surface area (Å²) in [5.74, 6) is -1.05. The Morgan fingerprint density at radius 1 is 1.19 bits per heavy atom. The van der Waals surface area contributed by atoms with E-state index in [0.29, 0.717) is 34.3 Å². The number of methoxy groups -OCH3 is 1. The highest BCUT2D eigenvalue weighted by atomic mass is 19.1. The van der Waals surface area contributed by atoms with Gasteiger partial charge in [0.15, 0.2) is 0 Å². The van der Waals surface area contributed by atoms with Gasteiger partial charge >= 0.3 is 0 Å². The zero-order valence-corrected chi connectivity index (χ0v) is 21.4. The number of primary amides is 1. The molecule has 1 amide bonds. The van der Waals surface area contributed by atoms with Crippen LogP contribution in [0.2, 0.25) is 0 Å². The molecule has 1 aromatic carbocycles. The fourth-order valence-electron chi connectivity index (χ4n) is 4.58. The molecule has 36 heavy (non-hydrogen) atoms. The van der Waals surface area contributed by atoms with Gasteiger partial charge in [0.1, 0.15) is 5.82 Å². The summed E-state index contributed by atoms with van der Waals surface area (Å²) in [4.78, 5) is 23.5. The number of anilines is 1. The van der Waals surface area contributed by atoms with Gasteiger partial charge in [0.25, 0.3) is 5.91 Å². The topological polar surface area (TPSA) is 99.2 Å². The van der Waals surface area contributed by atoms with E-state index in [1.165, 1.54) is 12.3 Å². The molecule has 9 heteroatoms. The molecule has 0 radical (unpaired) electrons. The number of nitrogens with zero attached hydrogens (tertiary/aromatic N) is 5. The van der Waals surface area contributed by atoms with Crippen molar-refractivity contribution in [2.75, 3.05) is 12.0 Å². The van der Waals surface area contributed by atoms with Crippen LogP contribution in [0.25, 0.3) is 22.0 Å². The van der Waals surface area contributed by atoms with Crippen LogP contribution in [-0.2, 0) is 18.4 Å². The fraction of sp³-hybridized carbons (Fsp3) is 0.333. The number of hydrogen-bond donors (Lipinski definition) is 1. The predicted molar refractivity (Wildman–Crippen MR) is 138 cm³/mol. The van der Waals surface area contributed by atoms with E-state index in [1.54, 1.807) is 36.2 Å². The maximum absolute atomic E-state index is 15.3. The maximum atomic E-state index is 15.3. The number of amides is 1. The Morgan fingerprint density at radius 2 is 1.94 bits per heavy atom. The van der Waals surface area contributed by atoms with Gasteiger partial charge in [-0.3, -0.25) is 19.4 Å². The summed E-state index contributed by atoms with van der Waals surface area (Å²) in [5.41, 5.74) is 9.16.